The number of ether oxygens (including phenoxy) is 1. The van der Waals surface area contributed by atoms with Gasteiger partial charge >= 0.3 is 0 Å². The summed E-state index contributed by atoms with van der Waals surface area (Å²) in [6, 6.07) is 0. The first-order valence-corrected chi connectivity index (χ1v) is 6.54. The van der Waals surface area contributed by atoms with Crippen molar-refractivity contribution in [2.75, 3.05) is 13.2 Å². The van der Waals surface area contributed by atoms with Crippen LogP contribution in [0.4, 0.5) is 0 Å². The summed E-state index contributed by atoms with van der Waals surface area (Å²) >= 11 is 2.03. The van der Waals surface area contributed by atoms with Crippen molar-refractivity contribution in [2.24, 2.45) is 0 Å². The van der Waals surface area contributed by atoms with Crippen molar-refractivity contribution in [3.8, 4) is 0 Å². The van der Waals surface area contributed by atoms with Gasteiger partial charge in [0.25, 0.3) is 5.56 Å². The molecule has 1 aromatic rings. The molecule has 0 saturated carbocycles. The summed E-state index contributed by atoms with van der Waals surface area (Å²) < 4.78 is 7.70. The Balaban J connectivity index is 2.49. The Bertz CT molecular complexity index is 390. The van der Waals surface area contributed by atoms with E-state index in [-0.39, 0.29) is 5.56 Å². The topological polar surface area (TPSA) is 44.1 Å². The van der Waals surface area contributed by atoms with Crippen molar-refractivity contribution in [3.05, 3.63) is 25.9 Å². The van der Waals surface area contributed by atoms with Crippen LogP contribution in [-0.2, 0) is 11.3 Å². The largest absolute Gasteiger partial charge is 0.380 e. The van der Waals surface area contributed by atoms with E-state index in [1.807, 2.05) is 29.5 Å². The Labute approximate surface area is 109 Å². The Hall–Kier alpha value is -0.430. The second-order valence-electron chi connectivity index (χ2n) is 3.61. The van der Waals surface area contributed by atoms with Crippen molar-refractivity contribution in [2.45, 2.75) is 33.2 Å². The molecule has 0 unspecified atom stereocenters. The minimum absolute atomic E-state index is 0.0205. The van der Waals surface area contributed by atoms with E-state index in [1.54, 1.807) is 10.9 Å². The Morgan fingerprint density at radius 3 is 2.94 bits per heavy atom. The number of nitrogens with zero attached hydrogens (tertiary/aromatic N) is 2. The van der Waals surface area contributed by atoms with E-state index in [0.29, 0.717) is 16.7 Å². The normalized spacial score (nSPS) is 10.7. The van der Waals surface area contributed by atoms with Crippen molar-refractivity contribution < 1.29 is 4.74 Å². The molecule has 4 nitrogen and oxygen atoms in total. The van der Waals surface area contributed by atoms with Gasteiger partial charge in [0.2, 0.25) is 0 Å². The number of hydrogen-bond acceptors (Lipinski definition) is 3. The van der Waals surface area contributed by atoms with Crippen LogP contribution in [0.2, 0.25) is 0 Å². The number of hydrogen-bond donors (Lipinski definition) is 0. The average Bonchev–Trinajstić information content (AvgIpc) is 2.28. The summed E-state index contributed by atoms with van der Waals surface area (Å²) in [5.74, 6) is 0. The molecule has 0 radical (unpaired) electrons. The molecular formula is C11H17IN2O2. The first-order chi connectivity index (χ1) is 7.66. The van der Waals surface area contributed by atoms with Gasteiger partial charge in [0.1, 0.15) is 0 Å². The van der Waals surface area contributed by atoms with E-state index in [0.717, 1.165) is 25.1 Å². The quantitative estimate of drug-likeness (QED) is 0.589. The third kappa shape index (κ3) is 3.86. The highest BCUT2D eigenvalue weighted by molar-refractivity contribution is 14.1. The fourth-order valence-electron chi connectivity index (χ4n) is 1.22. The van der Waals surface area contributed by atoms with E-state index in [2.05, 4.69) is 11.9 Å². The SMILES string of the molecule is CCCCOCCn1cnc(C)c(I)c1=O. The molecule has 0 amide bonds. The molecule has 0 bridgehead atoms. The molecular weight excluding hydrogens is 319 g/mol. The minimum atomic E-state index is 0.0205. The van der Waals surface area contributed by atoms with E-state index in [9.17, 15) is 4.79 Å². The third-order valence-corrected chi connectivity index (χ3v) is 3.52. The molecule has 90 valence electrons. The Morgan fingerprint density at radius 2 is 2.25 bits per heavy atom. The highest BCUT2D eigenvalue weighted by Gasteiger charge is 2.04. The van der Waals surface area contributed by atoms with Crippen LogP contribution >= 0.6 is 22.6 Å². The van der Waals surface area contributed by atoms with E-state index < -0.39 is 0 Å². The van der Waals surface area contributed by atoms with Crippen LogP contribution in [-0.4, -0.2) is 22.8 Å². The maximum atomic E-state index is 11.8. The number of aryl methyl sites for hydroxylation is 1. The number of rotatable bonds is 6. The predicted octanol–water partition coefficient (Wildman–Crippen LogP) is 1.97. The first-order valence-electron chi connectivity index (χ1n) is 5.46. The van der Waals surface area contributed by atoms with Crippen LogP contribution in [0.5, 0.6) is 0 Å². The smallest absolute Gasteiger partial charge is 0.267 e. The molecule has 0 atom stereocenters. The third-order valence-electron chi connectivity index (χ3n) is 2.28. The summed E-state index contributed by atoms with van der Waals surface area (Å²) in [4.78, 5) is 15.9. The second-order valence-corrected chi connectivity index (χ2v) is 4.69. The average molecular weight is 336 g/mol. The van der Waals surface area contributed by atoms with E-state index in [4.69, 9.17) is 4.74 Å². The molecule has 0 aliphatic carbocycles. The molecule has 0 aromatic carbocycles. The second kappa shape index (κ2) is 7.01. The van der Waals surface area contributed by atoms with Crippen LogP contribution in [0.3, 0.4) is 0 Å². The fourth-order valence-corrected chi connectivity index (χ4v) is 1.67. The monoisotopic (exact) mass is 336 g/mol. The van der Waals surface area contributed by atoms with Gasteiger partial charge in [-0.1, -0.05) is 13.3 Å². The molecule has 0 N–H and O–H groups in total. The van der Waals surface area contributed by atoms with E-state index >= 15 is 0 Å². The molecule has 0 spiro atoms. The van der Waals surface area contributed by atoms with Gasteiger partial charge in [-0.3, -0.25) is 9.36 Å². The Morgan fingerprint density at radius 1 is 1.50 bits per heavy atom. The van der Waals surface area contributed by atoms with Crippen molar-refractivity contribution in [1.29, 1.82) is 0 Å². The van der Waals surface area contributed by atoms with Gasteiger partial charge in [-0.2, -0.15) is 0 Å². The van der Waals surface area contributed by atoms with Crippen molar-refractivity contribution in [3.63, 3.8) is 0 Å². The summed E-state index contributed by atoms with van der Waals surface area (Å²) in [5, 5.41) is 0. The van der Waals surface area contributed by atoms with Gasteiger partial charge in [-0.05, 0) is 35.9 Å². The summed E-state index contributed by atoms with van der Waals surface area (Å²) in [5.41, 5.74) is 0.806. The lowest BCUT2D eigenvalue weighted by Gasteiger charge is -2.07. The summed E-state index contributed by atoms with van der Waals surface area (Å²) in [6.07, 6.45) is 3.78. The number of aromatic nitrogens is 2. The standard InChI is InChI=1S/C11H17IN2O2/c1-3-4-6-16-7-5-14-8-13-9(2)10(12)11(14)15/h8H,3-7H2,1-2H3. The molecule has 5 heteroatoms. The molecule has 1 aromatic heterocycles. The highest BCUT2D eigenvalue weighted by atomic mass is 127. The van der Waals surface area contributed by atoms with Gasteiger partial charge in [0.05, 0.1) is 28.7 Å². The van der Waals surface area contributed by atoms with Gasteiger partial charge in [0, 0.05) is 6.61 Å². The lowest BCUT2D eigenvalue weighted by atomic mass is 10.4. The van der Waals surface area contributed by atoms with Gasteiger partial charge in [-0.25, -0.2) is 4.98 Å². The van der Waals surface area contributed by atoms with E-state index in [1.165, 1.54) is 0 Å². The molecule has 0 aliphatic rings. The van der Waals surface area contributed by atoms with Crippen LogP contribution in [0, 0.1) is 10.5 Å². The zero-order valence-electron chi connectivity index (χ0n) is 9.70. The van der Waals surface area contributed by atoms with Gasteiger partial charge < -0.3 is 4.74 Å². The molecule has 1 rings (SSSR count). The Kier molecular flexibility index (Phi) is 5.97. The van der Waals surface area contributed by atoms with Gasteiger partial charge in [-0.15, -0.1) is 0 Å². The maximum Gasteiger partial charge on any atom is 0.267 e. The molecule has 16 heavy (non-hydrogen) atoms. The van der Waals surface area contributed by atoms with Crippen molar-refractivity contribution in [1.82, 2.24) is 9.55 Å². The molecule has 0 fully saturated rings. The summed E-state index contributed by atoms with van der Waals surface area (Å²) in [6.45, 7) is 5.87. The number of halogens is 1. The lowest BCUT2D eigenvalue weighted by molar-refractivity contribution is 0.122. The molecule has 0 saturated heterocycles. The molecule has 0 aliphatic heterocycles. The van der Waals surface area contributed by atoms with Crippen molar-refractivity contribution >= 4 is 22.6 Å². The zero-order valence-corrected chi connectivity index (χ0v) is 11.9. The minimum Gasteiger partial charge on any atom is -0.380 e. The summed E-state index contributed by atoms with van der Waals surface area (Å²) in [7, 11) is 0. The zero-order chi connectivity index (χ0) is 12.0. The van der Waals surface area contributed by atoms with Crippen LogP contribution in [0.15, 0.2) is 11.1 Å². The van der Waals surface area contributed by atoms with Crippen LogP contribution < -0.4 is 5.56 Å². The number of unbranched alkanes of at least 4 members (excludes halogenated alkanes) is 1. The lowest BCUT2D eigenvalue weighted by Crippen LogP contribution is -2.25. The van der Waals surface area contributed by atoms with Gasteiger partial charge in [0.15, 0.2) is 0 Å². The first kappa shape index (κ1) is 13.6. The maximum absolute atomic E-state index is 11.8. The van der Waals surface area contributed by atoms with Crippen LogP contribution in [0.25, 0.3) is 0 Å². The van der Waals surface area contributed by atoms with Crippen LogP contribution in [0.1, 0.15) is 25.5 Å². The highest BCUT2D eigenvalue weighted by Crippen LogP contribution is 2.01. The molecule has 1 heterocycles. The fraction of sp³-hybridized carbons (Fsp3) is 0.636. The predicted molar refractivity (Wildman–Crippen MR) is 71.7 cm³/mol.